The highest BCUT2D eigenvalue weighted by atomic mass is 32.1. The number of amides is 2. The number of pyridine rings is 1. The Morgan fingerprint density at radius 1 is 1.00 bits per heavy atom. The lowest BCUT2D eigenvalue weighted by Gasteiger charge is -2.48. The molecule has 0 bridgehead atoms. The number of ether oxygens (including phenoxy) is 2. The van der Waals surface area contributed by atoms with E-state index in [2.05, 4.69) is 4.98 Å². The topological polar surface area (TPSA) is 94.8 Å². The Morgan fingerprint density at radius 3 is 2.63 bits per heavy atom. The zero-order valence-corrected chi connectivity index (χ0v) is 21.8. The summed E-state index contributed by atoms with van der Waals surface area (Å²) in [5.41, 5.74) is 7.46. The van der Waals surface area contributed by atoms with Crippen molar-refractivity contribution in [2.24, 2.45) is 11.7 Å². The van der Waals surface area contributed by atoms with Gasteiger partial charge in [-0.05, 0) is 71.7 Å². The van der Waals surface area contributed by atoms with Crippen LogP contribution in [0.2, 0.25) is 0 Å². The molecule has 2 N–H and O–H groups in total. The summed E-state index contributed by atoms with van der Waals surface area (Å²) in [7, 11) is 0. The molecule has 1 aliphatic carbocycles. The minimum atomic E-state index is -1.35. The fraction of sp³-hybridized carbons (Fsp3) is 0.300. The Labute approximate surface area is 225 Å². The fourth-order valence-corrected chi connectivity index (χ4v) is 6.71. The third-order valence-corrected chi connectivity index (χ3v) is 8.65. The van der Waals surface area contributed by atoms with E-state index in [0.717, 1.165) is 54.1 Å². The molecule has 2 aliphatic rings. The maximum atomic E-state index is 14.3. The lowest BCUT2D eigenvalue weighted by Crippen LogP contribution is -2.61. The van der Waals surface area contributed by atoms with Gasteiger partial charge < -0.3 is 20.1 Å². The second-order valence-electron chi connectivity index (χ2n) is 9.93. The molecule has 6 rings (SSSR count). The van der Waals surface area contributed by atoms with Gasteiger partial charge in [-0.3, -0.25) is 14.6 Å². The minimum Gasteiger partial charge on any atom is -0.454 e. The van der Waals surface area contributed by atoms with Gasteiger partial charge in [-0.15, -0.1) is 11.3 Å². The van der Waals surface area contributed by atoms with Gasteiger partial charge in [0.15, 0.2) is 11.5 Å². The maximum absolute atomic E-state index is 14.3. The van der Waals surface area contributed by atoms with Crippen molar-refractivity contribution in [1.29, 1.82) is 0 Å². The Hall–Kier alpha value is -3.91. The van der Waals surface area contributed by atoms with Crippen LogP contribution in [0.15, 0.2) is 72.2 Å². The summed E-state index contributed by atoms with van der Waals surface area (Å²) in [4.78, 5) is 35.0. The van der Waals surface area contributed by atoms with Gasteiger partial charge in [-0.2, -0.15) is 0 Å². The van der Waals surface area contributed by atoms with E-state index < -0.39 is 11.4 Å². The molecule has 2 aromatic heterocycles. The first-order chi connectivity index (χ1) is 18.6. The van der Waals surface area contributed by atoms with Crippen molar-refractivity contribution in [1.82, 2.24) is 9.88 Å². The van der Waals surface area contributed by atoms with E-state index >= 15 is 0 Å². The van der Waals surface area contributed by atoms with Crippen LogP contribution < -0.4 is 15.2 Å². The fourth-order valence-electron chi connectivity index (χ4n) is 6.03. The summed E-state index contributed by atoms with van der Waals surface area (Å²) in [5, 5.41) is 2.78. The van der Waals surface area contributed by atoms with E-state index in [0.29, 0.717) is 16.4 Å². The Balaban J connectivity index is 1.56. The van der Waals surface area contributed by atoms with E-state index in [-0.39, 0.29) is 25.2 Å². The average molecular weight is 528 g/mol. The van der Waals surface area contributed by atoms with E-state index in [1.54, 1.807) is 17.2 Å². The molecule has 1 saturated carbocycles. The molecule has 1 fully saturated rings. The molecule has 1 unspecified atom stereocenters. The van der Waals surface area contributed by atoms with E-state index in [4.69, 9.17) is 15.2 Å². The van der Waals surface area contributed by atoms with E-state index in [1.165, 1.54) is 11.3 Å². The van der Waals surface area contributed by atoms with E-state index in [9.17, 15) is 9.59 Å². The molecule has 2 amide bonds. The van der Waals surface area contributed by atoms with Gasteiger partial charge in [-0.25, -0.2) is 0 Å². The van der Waals surface area contributed by atoms with Crippen LogP contribution in [-0.2, 0) is 16.9 Å². The van der Waals surface area contributed by atoms with Crippen LogP contribution >= 0.6 is 11.3 Å². The summed E-state index contributed by atoms with van der Waals surface area (Å²) in [6.07, 6.45) is 6.44. The smallest absolute Gasteiger partial charge is 0.265 e. The Bertz CT molecular complexity index is 1480. The largest absolute Gasteiger partial charge is 0.454 e. The number of benzene rings is 2. The van der Waals surface area contributed by atoms with Crippen molar-refractivity contribution in [3.63, 3.8) is 0 Å². The number of aromatic nitrogens is 1. The highest BCUT2D eigenvalue weighted by Crippen LogP contribution is 2.46. The first-order valence-corrected chi connectivity index (χ1v) is 13.8. The molecule has 4 aromatic rings. The van der Waals surface area contributed by atoms with Crippen molar-refractivity contribution in [2.75, 3.05) is 6.79 Å². The predicted molar refractivity (Wildman–Crippen MR) is 146 cm³/mol. The molecule has 0 saturated heterocycles. The number of hydrogen-bond donors (Lipinski definition) is 1. The molecular weight excluding hydrogens is 498 g/mol. The van der Waals surface area contributed by atoms with Crippen LogP contribution in [0.25, 0.3) is 10.9 Å². The van der Waals surface area contributed by atoms with Gasteiger partial charge in [0, 0.05) is 18.1 Å². The first kappa shape index (κ1) is 24.4. The lowest BCUT2D eigenvalue weighted by molar-refractivity contribution is -0.135. The molecule has 0 radical (unpaired) electrons. The maximum Gasteiger partial charge on any atom is 0.265 e. The van der Waals surface area contributed by atoms with Crippen molar-refractivity contribution in [3.05, 3.63) is 88.2 Å². The average Bonchev–Trinajstić information content (AvgIpc) is 3.65. The standard InChI is InChI=1S/C30H29N3O4S/c31-29(35)30(22-7-2-1-3-8-22,23-11-12-24-21(17-23)6-4-14-32-24)33(28(34)27-9-5-15-38-27)18-20-10-13-25-26(16-20)37-19-36-25/h4-6,9-17,22H,1-3,7-8,18-19H2,(H2,31,35). The van der Waals surface area contributed by atoms with Crippen LogP contribution in [0.3, 0.4) is 0 Å². The quantitative estimate of drug-likeness (QED) is 0.336. The molecule has 38 heavy (non-hydrogen) atoms. The number of nitrogens with zero attached hydrogens (tertiary/aromatic N) is 2. The molecule has 7 nitrogen and oxygen atoms in total. The van der Waals surface area contributed by atoms with Gasteiger partial charge in [0.1, 0.15) is 5.54 Å². The zero-order valence-electron chi connectivity index (χ0n) is 21.0. The van der Waals surface area contributed by atoms with Crippen molar-refractivity contribution in [2.45, 2.75) is 44.2 Å². The van der Waals surface area contributed by atoms with Crippen LogP contribution in [0, 0.1) is 5.92 Å². The molecule has 3 heterocycles. The lowest BCUT2D eigenvalue weighted by atomic mass is 9.69. The number of carbonyl (C=O) groups excluding carboxylic acids is 2. The second-order valence-corrected chi connectivity index (χ2v) is 10.9. The van der Waals surface area contributed by atoms with Gasteiger partial charge >= 0.3 is 0 Å². The molecule has 8 heteroatoms. The van der Waals surface area contributed by atoms with Gasteiger partial charge in [0.25, 0.3) is 5.91 Å². The van der Waals surface area contributed by atoms with Gasteiger partial charge in [0.05, 0.1) is 10.4 Å². The Morgan fingerprint density at radius 2 is 1.84 bits per heavy atom. The summed E-state index contributed by atoms with van der Waals surface area (Å²) in [5.74, 6) is 0.443. The summed E-state index contributed by atoms with van der Waals surface area (Å²) >= 11 is 1.36. The summed E-state index contributed by atoms with van der Waals surface area (Å²) < 4.78 is 11.1. The third kappa shape index (κ3) is 4.19. The number of nitrogens with two attached hydrogens (primary N) is 1. The summed E-state index contributed by atoms with van der Waals surface area (Å²) in [6, 6.07) is 19.0. The van der Waals surface area contributed by atoms with Crippen molar-refractivity contribution in [3.8, 4) is 11.5 Å². The second kappa shape index (κ2) is 10.1. The highest BCUT2D eigenvalue weighted by molar-refractivity contribution is 7.12. The first-order valence-electron chi connectivity index (χ1n) is 13.0. The van der Waals surface area contributed by atoms with Crippen molar-refractivity contribution >= 4 is 34.1 Å². The highest BCUT2D eigenvalue weighted by Gasteiger charge is 2.53. The number of fused-ring (bicyclic) bond motifs is 2. The predicted octanol–water partition coefficient (Wildman–Crippen LogP) is 5.63. The number of primary amides is 1. The minimum absolute atomic E-state index is 0.124. The van der Waals surface area contributed by atoms with Gasteiger partial charge in [0.2, 0.25) is 12.7 Å². The number of thiophene rings is 1. The zero-order chi connectivity index (χ0) is 26.1. The molecular formula is C30H29N3O4S. The number of rotatable bonds is 7. The van der Waals surface area contributed by atoms with Crippen LogP contribution in [0.4, 0.5) is 0 Å². The monoisotopic (exact) mass is 527 g/mol. The molecule has 2 aromatic carbocycles. The van der Waals surface area contributed by atoms with Crippen molar-refractivity contribution < 1.29 is 19.1 Å². The Kier molecular flexibility index (Phi) is 6.49. The number of carbonyl (C=O) groups is 2. The SMILES string of the molecule is NC(=O)C(c1ccc2ncccc2c1)(C1CCCCC1)N(Cc1ccc2c(c1)OCO2)C(=O)c1cccs1. The van der Waals surface area contributed by atoms with Crippen LogP contribution in [0.1, 0.15) is 52.9 Å². The summed E-state index contributed by atoms with van der Waals surface area (Å²) in [6.45, 7) is 0.354. The van der Waals surface area contributed by atoms with E-state index in [1.807, 2.05) is 60.0 Å². The van der Waals surface area contributed by atoms with Crippen LogP contribution in [-0.4, -0.2) is 28.5 Å². The van der Waals surface area contributed by atoms with Gasteiger partial charge in [-0.1, -0.05) is 43.5 Å². The molecule has 0 spiro atoms. The normalized spacial score (nSPS) is 16.7. The van der Waals surface area contributed by atoms with Crippen LogP contribution in [0.5, 0.6) is 11.5 Å². The molecule has 194 valence electrons. The number of hydrogen-bond acceptors (Lipinski definition) is 6. The molecule has 1 atom stereocenters. The third-order valence-electron chi connectivity index (χ3n) is 7.80. The molecule has 1 aliphatic heterocycles.